The molecule has 1 N–H and O–H groups in total. The van der Waals surface area contributed by atoms with E-state index in [9.17, 15) is 4.79 Å². The van der Waals surface area contributed by atoms with Crippen molar-refractivity contribution in [2.24, 2.45) is 17.3 Å². The van der Waals surface area contributed by atoms with Gasteiger partial charge in [-0.05, 0) is 73.5 Å². The molecule has 4 saturated carbocycles. The van der Waals surface area contributed by atoms with Crippen molar-refractivity contribution in [1.82, 2.24) is 5.32 Å². The Hall–Kier alpha value is -2.03. The second kappa shape index (κ2) is 5.48. The Morgan fingerprint density at radius 2 is 1.80 bits per heavy atom. The van der Waals surface area contributed by atoms with Gasteiger partial charge in [0, 0.05) is 0 Å². The Morgan fingerprint density at radius 1 is 1.04 bits per heavy atom. The van der Waals surface area contributed by atoms with Gasteiger partial charge in [-0.2, -0.15) is 0 Å². The highest BCUT2D eigenvalue weighted by Crippen LogP contribution is 2.65. The lowest BCUT2D eigenvalue weighted by molar-refractivity contribution is -0.149. The zero-order valence-electron chi connectivity index (χ0n) is 14.5. The minimum absolute atomic E-state index is 0.174. The molecule has 4 bridgehead atoms. The van der Waals surface area contributed by atoms with Crippen LogP contribution in [0.25, 0.3) is 0 Å². The number of benzene rings is 1. The molecule has 0 spiro atoms. The molecule has 2 atom stereocenters. The van der Waals surface area contributed by atoms with E-state index in [2.05, 4.69) is 35.6 Å². The van der Waals surface area contributed by atoms with Crippen LogP contribution in [0.2, 0.25) is 0 Å². The van der Waals surface area contributed by atoms with Crippen LogP contribution in [0.5, 0.6) is 0 Å². The summed E-state index contributed by atoms with van der Waals surface area (Å²) >= 11 is 0. The third-order valence-electron chi connectivity index (χ3n) is 6.93. The lowest BCUT2D eigenvalue weighted by atomic mass is 9.42. The Morgan fingerprint density at radius 3 is 2.48 bits per heavy atom. The topological polar surface area (TPSA) is 42.2 Å². The smallest absolute Gasteiger partial charge is 0.226 e. The fourth-order valence-electron chi connectivity index (χ4n) is 6.43. The molecule has 4 aliphatic rings. The molecule has 4 fully saturated rings. The number of hydrogen-bond donors (Lipinski definition) is 1. The molecular formula is C22H25NO2. The van der Waals surface area contributed by atoms with Crippen molar-refractivity contribution in [3.05, 3.63) is 60.1 Å². The van der Waals surface area contributed by atoms with E-state index < -0.39 is 0 Å². The van der Waals surface area contributed by atoms with Crippen LogP contribution in [0, 0.1) is 17.3 Å². The molecule has 1 aromatic heterocycles. The molecule has 2 aromatic rings. The summed E-state index contributed by atoms with van der Waals surface area (Å²) in [5, 5.41) is 3.18. The summed E-state index contributed by atoms with van der Waals surface area (Å²) in [4.78, 5) is 13.2. The third-order valence-corrected chi connectivity index (χ3v) is 6.93. The van der Waals surface area contributed by atoms with Crippen molar-refractivity contribution < 1.29 is 9.21 Å². The quantitative estimate of drug-likeness (QED) is 0.898. The van der Waals surface area contributed by atoms with Crippen molar-refractivity contribution in [2.75, 3.05) is 0 Å². The van der Waals surface area contributed by atoms with E-state index in [0.29, 0.717) is 18.4 Å². The molecule has 0 saturated heterocycles. The average Bonchev–Trinajstić information content (AvgIpc) is 3.13. The molecule has 130 valence electrons. The zero-order valence-corrected chi connectivity index (χ0v) is 14.5. The number of carbonyl (C=O) groups excluding carboxylic acids is 1. The van der Waals surface area contributed by atoms with Gasteiger partial charge in [0.05, 0.1) is 18.2 Å². The number of rotatable bonds is 4. The second-order valence-electron chi connectivity index (χ2n) is 8.65. The SMILES string of the molecule is O=C(NCc1ccco1)C12C[C@H]3C[C@H](C1)CC(c1ccccc1)(C3)C2. The Balaban J connectivity index is 1.43. The molecule has 1 amide bonds. The third kappa shape index (κ3) is 2.44. The fourth-order valence-corrected chi connectivity index (χ4v) is 6.43. The van der Waals surface area contributed by atoms with Gasteiger partial charge in [0.2, 0.25) is 5.91 Å². The summed E-state index contributed by atoms with van der Waals surface area (Å²) in [6, 6.07) is 14.7. The fraction of sp³-hybridized carbons (Fsp3) is 0.500. The summed E-state index contributed by atoms with van der Waals surface area (Å²) in [7, 11) is 0. The van der Waals surface area contributed by atoms with Gasteiger partial charge in [-0.3, -0.25) is 4.79 Å². The van der Waals surface area contributed by atoms with Gasteiger partial charge in [0.25, 0.3) is 0 Å². The minimum Gasteiger partial charge on any atom is -0.467 e. The number of furan rings is 1. The number of hydrogen-bond acceptors (Lipinski definition) is 2. The molecule has 3 nitrogen and oxygen atoms in total. The molecule has 0 unspecified atom stereocenters. The zero-order chi connectivity index (χ0) is 16.9. The largest absolute Gasteiger partial charge is 0.467 e. The van der Waals surface area contributed by atoms with Crippen LogP contribution in [0.1, 0.15) is 49.8 Å². The van der Waals surface area contributed by atoms with E-state index in [1.54, 1.807) is 6.26 Å². The van der Waals surface area contributed by atoms with E-state index >= 15 is 0 Å². The Bertz CT molecular complexity index is 751. The normalized spacial score (nSPS) is 35.7. The van der Waals surface area contributed by atoms with Gasteiger partial charge in [0.15, 0.2) is 0 Å². The highest BCUT2D eigenvalue weighted by Gasteiger charge is 2.60. The number of carbonyl (C=O) groups is 1. The summed E-state index contributed by atoms with van der Waals surface area (Å²) < 4.78 is 5.38. The standard InChI is InChI=1S/C22H25NO2/c24-20(23-14-19-7-4-8-25-19)22-12-16-9-17(13-22)11-21(10-16,15-22)18-5-2-1-3-6-18/h1-8,16-17H,9-15H2,(H,23,24)/t16-,17-,21?,22?/m0/s1. The predicted octanol–water partition coefficient (Wildman–Crippen LogP) is 4.43. The molecule has 0 aliphatic heterocycles. The maximum atomic E-state index is 13.2. The lowest BCUT2D eigenvalue weighted by Crippen LogP contribution is -2.59. The van der Waals surface area contributed by atoms with Crippen LogP contribution in [0.3, 0.4) is 0 Å². The van der Waals surface area contributed by atoms with Crippen LogP contribution in [0.15, 0.2) is 53.1 Å². The van der Waals surface area contributed by atoms with Crippen LogP contribution in [-0.2, 0) is 16.8 Å². The first-order valence-corrected chi connectivity index (χ1v) is 9.54. The summed E-state index contributed by atoms with van der Waals surface area (Å²) in [6.45, 7) is 0.501. The second-order valence-corrected chi connectivity index (χ2v) is 8.65. The monoisotopic (exact) mass is 335 g/mol. The maximum Gasteiger partial charge on any atom is 0.226 e. The van der Waals surface area contributed by atoms with Crippen LogP contribution >= 0.6 is 0 Å². The maximum absolute atomic E-state index is 13.2. The summed E-state index contributed by atoms with van der Waals surface area (Å²) in [5.74, 6) is 2.49. The van der Waals surface area contributed by atoms with Crippen LogP contribution in [0.4, 0.5) is 0 Å². The van der Waals surface area contributed by atoms with E-state index in [1.165, 1.54) is 24.8 Å². The molecule has 6 rings (SSSR count). The van der Waals surface area contributed by atoms with Crippen LogP contribution < -0.4 is 5.32 Å². The lowest BCUT2D eigenvalue weighted by Gasteiger charge is -2.61. The van der Waals surface area contributed by atoms with E-state index in [4.69, 9.17) is 4.42 Å². The number of amides is 1. The highest BCUT2D eigenvalue weighted by molar-refractivity contribution is 5.83. The van der Waals surface area contributed by atoms with Gasteiger partial charge in [-0.1, -0.05) is 30.3 Å². The van der Waals surface area contributed by atoms with Crippen molar-refractivity contribution in [2.45, 2.75) is 50.5 Å². The Labute approximate surface area is 148 Å². The molecule has 1 aromatic carbocycles. The average molecular weight is 335 g/mol. The highest BCUT2D eigenvalue weighted by atomic mass is 16.3. The Kier molecular flexibility index (Phi) is 3.34. The van der Waals surface area contributed by atoms with Gasteiger partial charge in [0.1, 0.15) is 5.76 Å². The first-order chi connectivity index (χ1) is 12.2. The molecule has 0 radical (unpaired) electrons. The first kappa shape index (κ1) is 15.2. The van der Waals surface area contributed by atoms with Crippen molar-refractivity contribution in [3.63, 3.8) is 0 Å². The summed E-state index contributed by atoms with van der Waals surface area (Å²) in [6.07, 6.45) is 8.67. The van der Waals surface area contributed by atoms with Gasteiger partial charge >= 0.3 is 0 Å². The van der Waals surface area contributed by atoms with Crippen molar-refractivity contribution >= 4 is 5.91 Å². The van der Waals surface area contributed by atoms with E-state index in [0.717, 1.165) is 25.0 Å². The van der Waals surface area contributed by atoms with Crippen molar-refractivity contribution in [1.29, 1.82) is 0 Å². The van der Waals surface area contributed by atoms with Crippen molar-refractivity contribution in [3.8, 4) is 0 Å². The van der Waals surface area contributed by atoms with Gasteiger partial charge in [-0.15, -0.1) is 0 Å². The van der Waals surface area contributed by atoms with E-state index in [-0.39, 0.29) is 16.7 Å². The molecule has 25 heavy (non-hydrogen) atoms. The number of nitrogens with one attached hydrogen (secondary N) is 1. The molecule has 1 heterocycles. The van der Waals surface area contributed by atoms with Gasteiger partial charge < -0.3 is 9.73 Å². The predicted molar refractivity (Wildman–Crippen MR) is 95.8 cm³/mol. The minimum atomic E-state index is -0.174. The summed E-state index contributed by atoms with van der Waals surface area (Å²) in [5.41, 5.74) is 1.49. The first-order valence-electron chi connectivity index (χ1n) is 9.54. The molecule has 3 heteroatoms. The molecular weight excluding hydrogens is 310 g/mol. The van der Waals surface area contributed by atoms with Crippen LogP contribution in [-0.4, -0.2) is 5.91 Å². The van der Waals surface area contributed by atoms with E-state index in [1.807, 2.05) is 12.1 Å². The molecule has 4 aliphatic carbocycles. The van der Waals surface area contributed by atoms with Gasteiger partial charge in [-0.25, -0.2) is 0 Å².